The van der Waals surface area contributed by atoms with Crippen molar-refractivity contribution in [2.75, 3.05) is 18.5 Å². The van der Waals surface area contributed by atoms with Crippen LogP contribution in [-0.2, 0) is 4.74 Å². The molecule has 1 amide bonds. The number of carbonyl (C=O) groups is 1. The molecule has 1 saturated heterocycles. The first-order chi connectivity index (χ1) is 12.8. The Bertz CT molecular complexity index is 900. The molecule has 1 N–H and O–H groups in total. The van der Waals surface area contributed by atoms with Gasteiger partial charge in [0.15, 0.2) is 0 Å². The smallest absolute Gasteiger partial charge is 0.257 e. The molecule has 6 heteroatoms. The summed E-state index contributed by atoms with van der Waals surface area (Å²) in [6, 6.07) is 12.9. The van der Waals surface area contributed by atoms with Gasteiger partial charge in [0.2, 0.25) is 5.88 Å². The Kier molecular flexibility index (Phi) is 4.75. The molecule has 132 valence electrons. The highest BCUT2D eigenvalue weighted by molar-refractivity contribution is 6.08. The number of hydrogen-bond donors (Lipinski definition) is 1. The van der Waals surface area contributed by atoms with Crippen LogP contribution in [0.4, 0.5) is 5.69 Å². The largest absolute Gasteiger partial charge is 0.475 e. The molecule has 3 heterocycles. The molecular formula is C20H19N3O3. The molecule has 3 aromatic rings. The summed E-state index contributed by atoms with van der Waals surface area (Å²) in [5.41, 5.74) is 1.89. The van der Waals surface area contributed by atoms with Crippen molar-refractivity contribution < 1.29 is 14.3 Å². The molecule has 26 heavy (non-hydrogen) atoms. The number of aromatic nitrogens is 2. The number of nitrogens with zero attached hydrogens (tertiary/aromatic N) is 2. The zero-order valence-electron chi connectivity index (χ0n) is 14.2. The fourth-order valence-electron chi connectivity index (χ4n) is 2.95. The van der Waals surface area contributed by atoms with Crippen molar-refractivity contribution in [2.24, 2.45) is 0 Å². The Hall–Kier alpha value is -2.99. The summed E-state index contributed by atoms with van der Waals surface area (Å²) in [7, 11) is 0. The van der Waals surface area contributed by atoms with Crippen molar-refractivity contribution in [2.45, 2.75) is 18.9 Å². The van der Waals surface area contributed by atoms with E-state index in [0.29, 0.717) is 23.7 Å². The van der Waals surface area contributed by atoms with Crippen LogP contribution in [-0.4, -0.2) is 35.2 Å². The number of nitrogens with one attached hydrogen (secondary N) is 1. The van der Waals surface area contributed by atoms with E-state index >= 15 is 0 Å². The van der Waals surface area contributed by atoms with Crippen molar-refractivity contribution >= 4 is 22.5 Å². The topological polar surface area (TPSA) is 73.3 Å². The molecule has 1 fully saturated rings. The van der Waals surface area contributed by atoms with Crippen molar-refractivity contribution in [1.82, 2.24) is 9.97 Å². The van der Waals surface area contributed by atoms with E-state index in [1.54, 1.807) is 18.3 Å². The average Bonchev–Trinajstić information content (AvgIpc) is 3.21. The highest BCUT2D eigenvalue weighted by atomic mass is 16.5. The monoisotopic (exact) mass is 349 g/mol. The molecule has 6 nitrogen and oxygen atoms in total. The van der Waals surface area contributed by atoms with Gasteiger partial charge in [0, 0.05) is 30.5 Å². The second kappa shape index (κ2) is 7.49. The maximum Gasteiger partial charge on any atom is 0.257 e. The number of benzene rings is 1. The first-order valence-electron chi connectivity index (χ1n) is 8.65. The Morgan fingerprint density at radius 2 is 2.12 bits per heavy atom. The van der Waals surface area contributed by atoms with Crippen LogP contribution in [0.15, 0.2) is 54.9 Å². The number of amides is 1. The summed E-state index contributed by atoms with van der Waals surface area (Å²) in [5.74, 6) is 0.255. The van der Waals surface area contributed by atoms with Gasteiger partial charge in [-0.05, 0) is 31.0 Å². The zero-order chi connectivity index (χ0) is 17.8. The standard InChI is InChI=1S/C20H19N3O3/c24-20(23-17-7-1-4-14-5-2-10-21-19(14)17)15-8-9-18(22-12-15)26-13-16-6-3-11-25-16/h1-2,4-5,7-10,12,16H,3,6,11,13H2,(H,23,24). The summed E-state index contributed by atoms with van der Waals surface area (Å²) in [6.07, 6.45) is 5.44. The van der Waals surface area contributed by atoms with Crippen LogP contribution in [0.2, 0.25) is 0 Å². The van der Waals surface area contributed by atoms with Crippen molar-refractivity contribution in [3.63, 3.8) is 0 Å². The van der Waals surface area contributed by atoms with Crippen LogP contribution in [0.5, 0.6) is 5.88 Å². The quantitative estimate of drug-likeness (QED) is 0.764. The van der Waals surface area contributed by atoms with Gasteiger partial charge < -0.3 is 14.8 Å². The van der Waals surface area contributed by atoms with E-state index in [4.69, 9.17) is 9.47 Å². The fraction of sp³-hybridized carbons (Fsp3) is 0.250. The summed E-state index contributed by atoms with van der Waals surface area (Å²) in [5, 5.41) is 3.87. The Labute approximate surface area is 151 Å². The lowest BCUT2D eigenvalue weighted by molar-refractivity contribution is 0.0663. The normalized spacial score (nSPS) is 16.5. The molecule has 0 aliphatic carbocycles. The van der Waals surface area contributed by atoms with E-state index in [1.165, 1.54) is 6.20 Å². The number of para-hydroxylation sites is 1. The molecule has 1 unspecified atom stereocenters. The zero-order valence-corrected chi connectivity index (χ0v) is 14.2. The van der Waals surface area contributed by atoms with Crippen LogP contribution in [0.25, 0.3) is 10.9 Å². The second-order valence-electron chi connectivity index (χ2n) is 6.17. The minimum atomic E-state index is -0.235. The van der Waals surface area contributed by atoms with Gasteiger partial charge in [-0.2, -0.15) is 0 Å². The molecule has 1 aromatic carbocycles. The van der Waals surface area contributed by atoms with Gasteiger partial charge in [-0.25, -0.2) is 4.98 Å². The molecule has 2 aromatic heterocycles. The second-order valence-corrected chi connectivity index (χ2v) is 6.17. The number of rotatable bonds is 5. The minimum Gasteiger partial charge on any atom is -0.475 e. The predicted octanol–water partition coefficient (Wildman–Crippen LogP) is 3.44. The molecule has 0 radical (unpaired) electrons. The van der Waals surface area contributed by atoms with Crippen molar-refractivity contribution in [1.29, 1.82) is 0 Å². The maximum absolute atomic E-state index is 12.5. The molecule has 0 saturated carbocycles. The van der Waals surface area contributed by atoms with Crippen molar-refractivity contribution in [3.05, 3.63) is 60.4 Å². The van der Waals surface area contributed by atoms with E-state index in [1.807, 2.05) is 30.3 Å². The molecule has 1 aliphatic heterocycles. The van der Waals surface area contributed by atoms with Crippen LogP contribution in [0.1, 0.15) is 23.2 Å². The predicted molar refractivity (Wildman–Crippen MR) is 98.4 cm³/mol. The maximum atomic E-state index is 12.5. The lowest BCUT2D eigenvalue weighted by Gasteiger charge is -2.11. The minimum absolute atomic E-state index is 0.138. The van der Waals surface area contributed by atoms with Gasteiger partial charge in [-0.1, -0.05) is 18.2 Å². The van der Waals surface area contributed by atoms with Crippen LogP contribution < -0.4 is 10.1 Å². The van der Waals surface area contributed by atoms with Crippen LogP contribution >= 0.6 is 0 Å². The number of hydrogen-bond acceptors (Lipinski definition) is 5. The Morgan fingerprint density at radius 1 is 1.19 bits per heavy atom. The first-order valence-corrected chi connectivity index (χ1v) is 8.65. The van der Waals surface area contributed by atoms with Gasteiger partial charge in [0.1, 0.15) is 6.61 Å². The number of fused-ring (bicyclic) bond motifs is 1. The molecule has 4 rings (SSSR count). The first kappa shape index (κ1) is 16.5. The summed E-state index contributed by atoms with van der Waals surface area (Å²) >= 11 is 0. The van der Waals surface area contributed by atoms with E-state index in [9.17, 15) is 4.79 Å². The summed E-state index contributed by atoms with van der Waals surface area (Å²) in [4.78, 5) is 21.0. The highest BCUT2D eigenvalue weighted by Crippen LogP contribution is 2.21. The van der Waals surface area contributed by atoms with Gasteiger partial charge in [0.05, 0.1) is 22.9 Å². The third-order valence-corrected chi connectivity index (χ3v) is 4.32. The van der Waals surface area contributed by atoms with Gasteiger partial charge >= 0.3 is 0 Å². The SMILES string of the molecule is O=C(Nc1cccc2cccnc12)c1ccc(OCC2CCCO2)nc1. The number of anilines is 1. The average molecular weight is 349 g/mol. The number of pyridine rings is 2. The lowest BCUT2D eigenvalue weighted by atomic mass is 10.2. The molecule has 0 spiro atoms. The van der Waals surface area contributed by atoms with Crippen molar-refractivity contribution in [3.8, 4) is 5.88 Å². The van der Waals surface area contributed by atoms with Gasteiger partial charge in [0.25, 0.3) is 5.91 Å². The van der Waals surface area contributed by atoms with E-state index in [-0.39, 0.29) is 12.0 Å². The Balaban J connectivity index is 1.42. The molecule has 1 aliphatic rings. The number of ether oxygens (including phenoxy) is 2. The summed E-state index contributed by atoms with van der Waals surface area (Å²) < 4.78 is 11.1. The Morgan fingerprint density at radius 3 is 2.92 bits per heavy atom. The number of carbonyl (C=O) groups excluding carboxylic acids is 1. The van der Waals surface area contributed by atoms with E-state index < -0.39 is 0 Å². The van der Waals surface area contributed by atoms with Gasteiger partial charge in [-0.15, -0.1) is 0 Å². The summed E-state index contributed by atoms with van der Waals surface area (Å²) in [6.45, 7) is 1.28. The highest BCUT2D eigenvalue weighted by Gasteiger charge is 2.16. The fourth-order valence-corrected chi connectivity index (χ4v) is 2.95. The van der Waals surface area contributed by atoms with E-state index in [2.05, 4.69) is 15.3 Å². The van der Waals surface area contributed by atoms with Crippen LogP contribution in [0, 0.1) is 0 Å². The molecule has 1 atom stereocenters. The van der Waals surface area contributed by atoms with Crippen LogP contribution in [0.3, 0.4) is 0 Å². The third kappa shape index (κ3) is 3.65. The van der Waals surface area contributed by atoms with E-state index in [0.717, 1.165) is 30.4 Å². The van der Waals surface area contributed by atoms with Gasteiger partial charge in [-0.3, -0.25) is 9.78 Å². The molecular weight excluding hydrogens is 330 g/mol. The molecule has 0 bridgehead atoms. The third-order valence-electron chi connectivity index (χ3n) is 4.32. The lowest BCUT2D eigenvalue weighted by Crippen LogP contribution is -2.17.